The van der Waals surface area contributed by atoms with Crippen molar-refractivity contribution in [3.05, 3.63) is 71.8 Å². The summed E-state index contributed by atoms with van der Waals surface area (Å²) in [4.78, 5) is 27.4. The molecule has 2 aromatic rings. The maximum Gasteiger partial charge on any atom is 0.253 e. The molecular weight excluding hydrogens is 462 g/mol. The van der Waals surface area contributed by atoms with E-state index in [2.05, 4.69) is 25.2 Å². The van der Waals surface area contributed by atoms with Gasteiger partial charge >= 0.3 is 0 Å². The molecule has 4 rings (SSSR count). The van der Waals surface area contributed by atoms with Crippen LogP contribution in [-0.2, 0) is 14.8 Å². The quantitative estimate of drug-likeness (QED) is 0.614. The number of piperazine rings is 1. The van der Waals surface area contributed by atoms with E-state index in [9.17, 15) is 18.0 Å². The van der Waals surface area contributed by atoms with Crippen molar-refractivity contribution in [3.8, 4) is 0 Å². The third-order valence-corrected chi connectivity index (χ3v) is 8.89. The first kappa shape index (κ1) is 25.1. The lowest BCUT2D eigenvalue weighted by molar-refractivity contribution is -0.118. The second-order valence-corrected chi connectivity index (χ2v) is 12.1. The number of amides is 2. The van der Waals surface area contributed by atoms with Crippen LogP contribution in [-0.4, -0.2) is 55.6 Å². The van der Waals surface area contributed by atoms with Crippen LogP contribution in [0.15, 0.2) is 71.1 Å². The Morgan fingerprint density at radius 2 is 1.63 bits per heavy atom. The van der Waals surface area contributed by atoms with Crippen molar-refractivity contribution >= 4 is 27.5 Å². The molecule has 2 aliphatic rings. The van der Waals surface area contributed by atoms with Crippen LogP contribution in [0.3, 0.4) is 0 Å². The number of carbonyl (C=O) groups excluding carboxylic acids is 2. The number of carbonyl (C=O) groups is 2. The Morgan fingerprint density at radius 1 is 0.971 bits per heavy atom. The van der Waals surface area contributed by atoms with E-state index in [4.69, 9.17) is 0 Å². The predicted molar refractivity (Wildman–Crippen MR) is 136 cm³/mol. The summed E-state index contributed by atoms with van der Waals surface area (Å²) in [6.45, 7) is 9.28. The number of sulfonamides is 1. The van der Waals surface area contributed by atoms with Gasteiger partial charge in [-0.05, 0) is 55.5 Å². The number of anilines is 1. The Balaban J connectivity index is 1.41. The van der Waals surface area contributed by atoms with E-state index in [0.717, 1.165) is 0 Å². The van der Waals surface area contributed by atoms with Crippen molar-refractivity contribution in [2.24, 2.45) is 17.3 Å². The van der Waals surface area contributed by atoms with Gasteiger partial charge in [0.2, 0.25) is 15.9 Å². The zero-order valence-corrected chi connectivity index (χ0v) is 21.5. The Bertz CT molecular complexity index is 1240. The molecule has 0 spiro atoms. The van der Waals surface area contributed by atoms with Gasteiger partial charge in [0, 0.05) is 37.4 Å². The maximum absolute atomic E-state index is 13.3. The van der Waals surface area contributed by atoms with Crippen LogP contribution in [0.4, 0.5) is 5.69 Å². The summed E-state index contributed by atoms with van der Waals surface area (Å²) in [5.74, 6) is -0.163. The Kier molecular flexibility index (Phi) is 6.88. The lowest BCUT2D eigenvalue weighted by Crippen LogP contribution is -2.50. The molecule has 2 atom stereocenters. The average Bonchev–Trinajstić information content (AvgIpc) is 3.38. The standard InChI is InChI=1S/C27H33N3O4S/c1-19(2)17-23-24(27(23,3)4)25(31)28-21-11-8-12-22(18-21)35(33,34)30-15-13-29(14-16-30)26(32)20-9-6-5-7-10-20/h5-12,17-18,23-24H,13-16H2,1-4H3,(H,28,31)/t23-,24+/m0/s1. The van der Waals surface area contributed by atoms with E-state index in [1.54, 1.807) is 35.2 Å². The first-order chi connectivity index (χ1) is 16.5. The van der Waals surface area contributed by atoms with Gasteiger partial charge in [-0.15, -0.1) is 0 Å². The number of benzene rings is 2. The molecule has 0 aromatic heterocycles. The smallest absolute Gasteiger partial charge is 0.253 e. The number of allylic oxidation sites excluding steroid dienone is 2. The zero-order chi connectivity index (χ0) is 25.4. The van der Waals surface area contributed by atoms with Crippen LogP contribution in [0.2, 0.25) is 0 Å². The SMILES string of the molecule is CC(C)=C[C@H]1[C@H](C(=O)Nc2cccc(S(=O)(=O)N3CCN(C(=O)c4ccccc4)CC3)c2)C1(C)C. The fourth-order valence-corrected chi connectivity index (χ4v) is 6.32. The van der Waals surface area contributed by atoms with Gasteiger partial charge in [0.1, 0.15) is 0 Å². The fourth-order valence-electron chi connectivity index (χ4n) is 4.85. The molecule has 0 bridgehead atoms. The molecule has 35 heavy (non-hydrogen) atoms. The summed E-state index contributed by atoms with van der Waals surface area (Å²) < 4.78 is 28.0. The molecule has 7 nitrogen and oxygen atoms in total. The molecule has 2 amide bonds. The molecule has 1 saturated heterocycles. The molecule has 1 heterocycles. The largest absolute Gasteiger partial charge is 0.336 e. The van der Waals surface area contributed by atoms with Crippen LogP contribution >= 0.6 is 0 Å². The van der Waals surface area contributed by atoms with E-state index < -0.39 is 10.0 Å². The summed E-state index contributed by atoms with van der Waals surface area (Å²) in [7, 11) is -3.75. The minimum Gasteiger partial charge on any atom is -0.336 e. The summed E-state index contributed by atoms with van der Waals surface area (Å²) in [5.41, 5.74) is 2.12. The highest BCUT2D eigenvalue weighted by atomic mass is 32.2. The van der Waals surface area contributed by atoms with Gasteiger partial charge in [-0.2, -0.15) is 4.31 Å². The molecule has 1 aliphatic carbocycles. The number of hydrogen-bond acceptors (Lipinski definition) is 4. The molecular formula is C27H33N3O4S. The minimum atomic E-state index is -3.75. The Hall–Kier alpha value is -2.97. The molecule has 0 unspecified atom stereocenters. The van der Waals surface area contributed by atoms with Gasteiger partial charge in [-0.3, -0.25) is 9.59 Å². The van der Waals surface area contributed by atoms with E-state index in [-0.39, 0.29) is 47.1 Å². The number of rotatable bonds is 6. The van der Waals surface area contributed by atoms with Crippen molar-refractivity contribution in [1.29, 1.82) is 0 Å². The van der Waals surface area contributed by atoms with E-state index in [1.165, 1.54) is 15.9 Å². The molecule has 2 fully saturated rings. The molecule has 186 valence electrons. The van der Waals surface area contributed by atoms with Crippen LogP contribution in [0.25, 0.3) is 0 Å². The van der Waals surface area contributed by atoms with Crippen molar-refractivity contribution in [3.63, 3.8) is 0 Å². The van der Waals surface area contributed by atoms with Crippen LogP contribution < -0.4 is 5.32 Å². The van der Waals surface area contributed by atoms with E-state index >= 15 is 0 Å². The van der Waals surface area contributed by atoms with E-state index in [0.29, 0.717) is 24.3 Å². The zero-order valence-electron chi connectivity index (χ0n) is 20.7. The highest BCUT2D eigenvalue weighted by Crippen LogP contribution is 2.59. The third kappa shape index (κ3) is 5.18. The van der Waals surface area contributed by atoms with Crippen LogP contribution in [0.5, 0.6) is 0 Å². The highest BCUT2D eigenvalue weighted by molar-refractivity contribution is 7.89. The first-order valence-electron chi connectivity index (χ1n) is 11.9. The van der Waals surface area contributed by atoms with Crippen LogP contribution in [0, 0.1) is 17.3 Å². The molecule has 1 saturated carbocycles. The Labute approximate surface area is 207 Å². The summed E-state index contributed by atoms with van der Waals surface area (Å²) in [5, 5.41) is 2.91. The van der Waals surface area contributed by atoms with Gasteiger partial charge in [-0.25, -0.2) is 8.42 Å². The first-order valence-corrected chi connectivity index (χ1v) is 13.4. The second kappa shape index (κ2) is 9.59. The lowest BCUT2D eigenvalue weighted by atomic mass is 10.1. The van der Waals surface area contributed by atoms with Crippen molar-refractivity contribution in [1.82, 2.24) is 9.21 Å². The van der Waals surface area contributed by atoms with Crippen molar-refractivity contribution in [2.45, 2.75) is 32.6 Å². The van der Waals surface area contributed by atoms with Gasteiger partial charge in [0.25, 0.3) is 5.91 Å². The van der Waals surface area contributed by atoms with Gasteiger partial charge in [0.05, 0.1) is 10.8 Å². The van der Waals surface area contributed by atoms with Gasteiger partial charge in [0.15, 0.2) is 0 Å². The summed E-state index contributed by atoms with van der Waals surface area (Å²) >= 11 is 0. The Morgan fingerprint density at radius 3 is 2.26 bits per heavy atom. The monoisotopic (exact) mass is 495 g/mol. The highest BCUT2D eigenvalue weighted by Gasteiger charge is 2.60. The molecule has 0 radical (unpaired) electrons. The van der Waals surface area contributed by atoms with Gasteiger partial charge in [-0.1, -0.05) is 49.8 Å². The van der Waals surface area contributed by atoms with Gasteiger partial charge < -0.3 is 10.2 Å². The third-order valence-electron chi connectivity index (χ3n) is 6.99. The molecule has 1 aliphatic heterocycles. The number of hydrogen-bond donors (Lipinski definition) is 1. The maximum atomic E-state index is 13.3. The summed E-state index contributed by atoms with van der Waals surface area (Å²) in [6, 6.07) is 15.4. The molecule has 1 N–H and O–H groups in total. The van der Waals surface area contributed by atoms with Crippen LogP contribution in [0.1, 0.15) is 38.1 Å². The minimum absolute atomic E-state index is 0.0956. The normalized spacial score (nSPS) is 21.8. The van der Waals surface area contributed by atoms with E-state index in [1.807, 2.05) is 32.0 Å². The molecule has 2 aromatic carbocycles. The lowest BCUT2D eigenvalue weighted by Gasteiger charge is -2.34. The molecule has 8 heteroatoms. The second-order valence-electron chi connectivity index (χ2n) is 10.1. The average molecular weight is 496 g/mol. The van der Waals surface area contributed by atoms with Crippen molar-refractivity contribution < 1.29 is 18.0 Å². The topological polar surface area (TPSA) is 86.8 Å². The summed E-state index contributed by atoms with van der Waals surface area (Å²) in [6.07, 6.45) is 2.13. The van der Waals surface area contributed by atoms with Crippen molar-refractivity contribution in [2.75, 3.05) is 31.5 Å². The fraction of sp³-hybridized carbons (Fsp3) is 0.407. The number of nitrogens with zero attached hydrogens (tertiary/aromatic N) is 2. The number of nitrogens with one attached hydrogen (secondary N) is 1. The predicted octanol–water partition coefficient (Wildman–Crippen LogP) is 4.01.